The van der Waals surface area contributed by atoms with E-state index in [2.05, 4.69) is 14.9 Å². The van der Waals surface area contributed by atoms with Crippen LogP contribution in [0.25, 0.3) is 11.0 Å². The molecule has 0 spiro atoms. The van der Waals surface area contributed by atoms with Crippen LogP contribution in [-0.4, -0.2) is 52.5 Å². The standard InChI is InChI=1S/C20H27N3O4S/c1-4-23-17-9-8-14(19(25)26-5-2)11-16(17)22-20(23)28-13(3)18(24)21-12-15-7-6-10-27-15/h8-9,11,13,15H,4-7,10,12H2,1-3H3,(H,21,24)/t13-,15-/m0/s1. The normalized spacial score (nSPS) is 17.6. The Kier molecular flexibility index (Phi) is 6.96. The van der Waals surface area contributed by atoms with Gasteiger partial charge < -0.3 is 19.4 Å². The topological polar surface area (TPSA) is 82.4 Å². The number of nitrogens with one attached hydrogen (secondary N) is 1. The number of esters is 1. The second-order valence-electron chi connectivity index (χ2n) is 6.70. The number of amides is 1. The monoisotopic (exact) mass is 405 g/mol. The molecule has 1 aliphatic heterocycles. The predicted molar refractivity (Wildman–Crippen MR) is 109 cm³/mol. The van der Waals surface area contributed by atoms with E-state index in [1.54, 1.807) is 19.1 Å². The van der Waals surface area contributed by atoms with Crippen LogP contribution in [0.4, 0.5) is 0 Å². The molecule has 1 fully saturated rings. The van der Waals surface area contributed by atoms with E-state index in [0.717, 1.165) is 42.2 Å². The van der Waals surface area contributed by atoms with Crippen molar-refractivity contribution >= 4 is 34.7 Å². The van der Waals surface area contributed by atoms with Crippen LogP contribution < -0.4 is 5.32 Å². The lowest BCUT2D eigenvalue weighted by Gasteiger charge is -2.15. The van der Waals surface area contributed by atoms with E-state index in [9.17, 15) is 9.59 Å². The van der Waals surface area contributed by atoms with Crippen LogP contribution >= 0.6 is 11.8 Å². The molecule has 152 valence electrons. The molecule has 3 rings (SSSR count). The average molecular weight is 406 g/mol. The van der Waals surface area contributed by atoms with Gasteiger partial charge in [-0.1, -0.05) is 11.8 Å². The first-order valence-electron chi connectivity index (χ1n) is 9.76. The van der Waals surface area contributed by atoms with Crippen LogP contribution in [-0.2, 0) is 20.8 Å². The van der Waals surface area contributed by atoms with Crippen molar-refractivity contribution in [3.8, 4) is 0 Å². The number of fused-ring (bicyclic) bond motifs is 1. The molecule has 0 aliphatic carbocycles. The smallest absolute Gasteiger partial charge is 0.338 e. The van der Waals surface area contributed by atoms with E-state index in [-0.39, 0.29) is 23.2 Å². The molecule has 1 N–H and O–H groups in total. The zero-order chi connectivity index (χ0) is 20.1. The molecule has 1 aliphatic rings. The van der Waals surface area contributed by atoms with Crippen molar-refractivity contribution in [1.29, 1.82) is 0 Å². The summed E-state index contributed by atoms with van der Waals surface area (Å²) in [7, 11) is 0. The van der Waals surface area contributed by atoms with Crippen LogP contribution in [0.1, 0.15) is 44.0 Å². The Balaban J connectivity index is 1.72. The Morgan fingerprint density at radius 3 is 2.93 bits per heavy atom. The molecule has 8 heteroatoms. The third-order valence-electron chi connectivity index (χ3n) is 4.72. The molecule has 0 radical (unpaired) electrons. The zero-order valence-electron chi connectivity index (χ0n) is 16.6. The van der Waals surface area contributed by atoms with Crippen molar-refractivity contribution in [3.63, 3.8) is 0 Å². The van der Waals surface area contributed by atoms with Gasteiger partial charge in [-0.2, -0.15) is 0 Å². The van der Waals surface area contributed by atoms with Crippen molar-refractivity contribution in [2.45, 2.75) is 56.7 Å². The number of thioether (sulfide) groups is 1. The van der Waals surface area contributed by atoms with Gasteiger partial charge in [0.1, 0.15) is 0 Å². The van der Waals surface area contributed by atoms with Gasteiger partial charge in [-0.3, -0.25) is 4.79 Å². The number of ether oxygens (including phenoxy) is 2. The summed E-state index contributed by atoms with van der Waals surface area (Å²) < 4.78 is 12.7. The zero-order valence-corrected chi connectivity index (χ0v) is 17.4. The summed E-state index contributed by atoms with van der Waals surface area (Å²) in [4.78, 5) is 29.1. The van der Waals surface area contributed by atoms with Crippen molar-refractivity contribution in [2.24, 2.45) is 0 Å². The van der Waals surface area contributed by atoms with Gasteiger partial charge in [-0.05, 0) is 51.8 Å². The van der Waals surface area contributed by atoms with Crippen molar-refractivity contribution in [3.05, 3.63) is 23.8 Å². The van der Waals surface area contributed by atoms with E-state index in [1.165, 1.54) is 11.8 Å². The number of nitrogens with zero attached hydrogens (tertiary/aromatic N) is 2. The van der Waals surface area contributed by atoms with Crippen LogP contribution in [0.15, 0.2) is 23.4 Å². The van der Waals surface area contributed by atoms with Gasteiger partial charge >= 0.3 is 5.97 Å². The van der Waals surface area contributed by atoms with Gasteiger partial charge in [0.2, 0.25) is 5.91 Å². The predicted octanol–water partition coefficient (Wildman–Crippen LogP) is 3.01. The minimum Gasteiger partial charge on any atom is -0.462 e. The van der Waals surface area contributed by atoms with E-state index in [1.807, 2.05) is 19.9 Å². The summed E-state index contributed by atoms with van der Waals surface area (Å²) in [6, 6.07) is 5.37. The van der Waals surface area contributed by atoms with Gasteiger partial charge in [-0.25, -0.2) is 9.78 Å². The molecule has 2 aromatic rings. The number of hydrogen-bond donors (Lipinski definition) is 1. The van der Waals surface area contributed by atoms with Gasteiger partial charge in [0.15, 0.2) is 5.16 Å². The summed E-state index contributed by atoms with van der Waals surface area (Å²) in [6.45, 7) is 8.07. The first kappa shape index (κ1) is 20.7. The van der Waals surface area contributed by atoms with Crippen LogP contribution in [0.2, 0.25) is 0 Å². The SMILES string of the molecule is CCOC(=O)c1ccc2c(c1)nc(S[C@@H](C)C(=O)NC[C@@H]1CCCO1)n2CC. The molecule has 1 saturated heterocycles. The molecule has 0 bridgehead atoms. The molecule has 28 heavy (non-hydrogen) atoms. The Labute approximate surface area is 169 Å². The molecule has 0 saturated carbocycles. The van der Waals surface area contributed by atoms with Gasteiger partial charge in [0.25, 0.3) is 0 Å². The van der Waals surface area contributed by atoms with E-state index >= 15 is 0 Å². The van der Waals surface area contributed by atoms with Gasteiger partial charge in [0, 0.05) is 19.7 Å². The number of carbonyl (C=O) groups is 2. The summed E-state index contributed by atoms with van der Waals surface area (Å²) in [5.74, 6) is -0.381. The largest absolute Gasteiger partial charge is 0.462 e. The third-order valence-corrected chi connectivity index (χ3v) is 5.81. The maximum atomic E-state index is 12.4. The lowest BCUT2D eigenvalue weighted by Crippen LogP contribution is -2.36. The van der Waals surface area contributed by atoms with E-state index in [4.69, 9.17) is 9.47 Å². The maximum absolute atomic E-state index is 12.4. The fourth-order valence-corrected chi connectivity index (χ4v) is 4.23. The van der Waals surface area contributed by atoms with Crippen molar-refractivity contribution in [1.82, 2.24) is 14.9 Å². The summed E-state index contributed by atoms with van der Waals surface area (Å²) in [5.41, 5.74) is 2.14. The van der Waals surface area contributed by atoms with Gasteiger partial charge in [-0.15, -0.1) is 0 Å². The molecule has 7 nitrogen and oxygen atoms in total. The summed E-state index contributed by atoms with van der Waals surface area (Å²) >= 11 is 1.42. The van der Waals surface area contributed by atoms with E-state index < -0.39 is 0 Å². The molecule has 2 heterocycles. The molecule has 1 amide bonds. The molecule has 1 aromatic carbocycles. The molecular weight excluding hydrogens is 378 g/mol. The number of aryl methyl sites for hydroxylation is 1. The number of carbonyl (C=O) groups excluding carboxylic acids is 2. The summed E-state index contributed by atoms with van der Waals surface area (Å²) in [6.07, 6.45) is 2.18. The van der Waals surface area contributed by atoms with Gasteiger partial charge in [0.05, 0.1) is 34.6 Å². The fraction of sp³-hybridized carbons (Fsp3) is 0.550. The number of hydrogen-bond acceptors (Lipinski definition) is 6. The molecule has 2 atom stereocenters. The lowest BCUT2D eigenvalue weighted by atomic mass is 10.2. The number of rotatable bonds is 8. The van der Waals surface area contributed by atoms with Crippen LogP contribution in [0.3, 0.4) is 0 Å². The minimum absolute atomic E-state index is 0.0255. The Morgan fingerprint density at radius 2 is 2.25 bits per heavy atom. The number of imidazole rings is 1. The first-order valence-corrected chi connectivity index (χ1v) is 10.6. The number of benzene rings is 1. The highest BCUT2D eigenvalue weighted by Crippen LogP contribution is 2.28. The second-order valence-corrected chi connectivity index (χ2v) is 8.01. The van der Waals surface area contributed by atoms with Crippen molar-refractivity contribution in [2.75, 3.05) is 19.8 Å². The molecule has 1 aromatic heterocycles. The minimum atomic E-state index is -0.355. The first-order chi connectivity index (χ1) is 13.5. The average Bonchev–Trinajstić information content (AvgIpc) is 3.32. The molecular formula is C20H27N3O4S. The lowest BCUT2D eigenvalue weighted by molar-refractivity contribution is -0.120. The van der Waals surface area contributed by atoms with E-state index in [0.29, 0.717) is 18.7 Å². The highest BCUT2D eigenvalue weighted by Gasteiger charge is 2.22. The van der Waals surface area contributed by atoms with Crippen LogP contribution in [0, 0.1) is 0 Å². The highest BCUT2D eigenvalue weighted by atomic mass is 32.2. The van der Waals surface area contributed by atoms with Crippen LogP contribution in [0.5, 0.6) is 0 Å². The molecule has 0 unspecified atom stereocenters. The Morgan fingerprint density at radius 1 is 1.43 bits per heavy atom. The fourth-order valence-electron chi connectivity index (χ4n) is 3.22. The summed E-state index contributed by atoms with van der Waals surface area (Å²) in [5, 5.41) is 3.45. The second kappa shape index (κ2) is 9.43. The Hall–Kier alpha value is -2.06. The number of aromatic nitrogens is 2. The third kappa shape index (κ3) is 4.67. The van der Waals surface area contributed by atoms with Crippen molar-refractivity contribution < 1.29 is 19.1 Å². The Bertz CT molecular complexity index is 845. The quantitative estimate of drug-likeness (QED) is 0.537. The maximum Gasteiger partial charge on any atom is 0.338 e. The highest BCUT2D eigenvalue weighted by molar-refractivity contribution is 8.00.